The van der Waals surface area contributed by atoms with Crippen LogP contribution in [-0.4, -0.2) is 23.5 Å². The van der Waals surface area contributed by atoms with Gasteiger partial charge in [0.15, 0.2) is 0 Å². The van der Waals surface area contributed by atoms with Crippen LogP contribution in [0, 0.1) is 5.92 Å². The third kappa shape index (κ3) is 20.7. The van der Waals surface area contributed by atoms with Crippen LogP contribution >= 0.6 is 0 Å². The summed E-state index contributed by atoms with van der Waals surface area (Å²) < 4.78 is 0. The number of carboxylic acid groups (broad SMARTS) is 1. The Bertz CT molecular complexity index is 378. The van der Waals surface area contributed by atoms with E-state index in [1.807, 2.05) is 0 Å². The van der Waals surface area contributed by atoms with E-state index >= 15 is 0 Å². The smallest absolute Gasteiger partial charge is 0.322 e. The van der Waals surface area contributed by atoms with Gasteiger partial charge >= 0.3 is 5.97 Å². The molecule has 0 spiro atoms. The van der Waals surface area contributed by atoms with Crippen molar-refractivity contribution in [1.82, 2.24) is 5.32 Å². The van der Waals surface area contributed by atoms with Gasteiger partial charge < -0.3 is 10.4 Å². The third-order valence-electron chi connectivity index (χ3n) is 4.53. The molecule has 0 radical (unpaired) electrons. The normalized spacial score (nSPS) is 11.3. The minimum Gasteiger partial charge on any atom is -0.480 e. The fourth-order valence-electron chi connectivity index (χ4n) is 2.92. The topological polar surface area (TPSA) is 66.4 Å². The molecule has 0 bridgehead atoms. The third-order valence-corrected chi connectivity index (χ3v) is 4.53. The zero-order valence-electron chi connectivity index (χ0n) is 17.1. The quantitative estimate of drug-likeness (QED) is 0.235. The largest absolute Gasteiger partial charge is 0.480 e. The van der Waals surface area contributed by atoms with Crippen LogP contribution < -0.4 is 5.32 Å². The maximum Gasteiger partial charge on any atom is 0.322 e. The van der Waals surface area contributed by atoms with Crippen molar-refractivity contribution in [3.63, 3.8) is 0 Å². The summed E-state index contributed by atoms with van der Waals surface area (Å²) >= 11 is 0. The Morgan fingerprint density at radius 2 is 1.31 bits per heavy atom. The van der Waals surface area contributed by atoms with E-state index in [0.717, 1.165) is 31.6 Å². The van der Waals surface area contributed by atoms with Gasteiger partial charge in [-0.2, -0.15) is 0 Å². The van der Waals surface area contributed by atoms with Gasteiger partial charge in [-0.05, 0) is 38.0 Å². The predicted octanol–water partition coefficient (Wildman–Crippen LogP) is 5.86. The van der Waals surface area contributed by atoms with Crippen LogP contribution in [0.1, 0.15) is 104 Å². The van der Waals surface area contributed by atoms with Gasteiger partial charge in [-0.25, -0.2) is 0 Å². The number of amides is 1. The molecule has 26 heavy (non-hydrogen) atoms. The number of hydrogen-bond acceptors (Lipinski definition) is 2. The molecule has 0 fully saturated rings. The average Bonchev–Trinajstić information content (AvgIpc) is 2.59. The minimum atomic E-state index is -0.993. The number of unbranched alkanes of at least 4 members (excludes halogenated alkanes) is 10. The van der Waals surface area contributed by atoms with Gasteiger partial charge in [0.05, 0.1) is 0 Å². The number of carboxylic acids is 1. The van der Waals surface area contributed by atoms with Crippen molar-refractivity contribution in [2.75, 3.05) is 6.54 Å². The van der Waals surface area contributed by atoms with Crippen molar-refractivity contribution >= 4 is 11.9 Å². The zero-order chi connectivity index (χ0) is 19.5. The lowest BCUT2D eigenvalue weighted by Gasteiger charge is -2.03. The Labute approximate surface area is 160 Å². The van der Waals surface area contributed by atoms with Crippen molar-refractivity contribution in [1.29, 1.82) is 0 Å². The van der Waals surface area contributed by atoms with Crippen molar-refractivity contribution in [2.24, 2.45) is 5.92 Å². The monoisotopic (exact) mass is 367 g/mol. The fourth-order valence-corrected chi connectivity index (χ4v) is 2.92. The van der Waals surface area contributed by atoms with Crippen LogP contribution in [0.2, 0.25) is 0 Å². The summed E-state index contributed by atoms with van der Waals surface area (Å²) in [4.78, 5) is 21.6. The molecule has 0 aliphatic rings. The fraction of sp³-hybridized carbons (Fsp3) is 0.818. The molecule has 1 amide bonds. The average molecular weight is 368 g/mol. The van der Waals surface area contributed by atoms with E-state index in [1.165, 1.54) is 57.8 Å². The van der Waals surface area contributed by atoms with Gasteiger partial charge in [-0.1, -0.05) is 77.4 Å². The maximum absolute atomic E-state index is 11.3. The number of carbonyl (C=O) groups is 2. The highest BCUT2D eigenvalue weighted by Crippen LogP contribution is 2.12. The van der Waals surface area contributed by atoms with E-state index in [2.05, 4.69) is 31.3 Å². The number of carbonyl (C=O) groups excluding carboxylic acids is 1. The summed E-state index contributed by atoms with van der Waals surface area (Å²) in [6.45, 7) is 4.33. The number of nitrogens with one attached hydrogen (secondary N) is 1. The molecule has 4 nitrogen and oxygen atoms in total. The zero-order valence-corrected chi connectivity index (χ0v) is 17.1. The highest BCUT2D eigenvalue weighted by atomic mass is 16.4. The number of rotatable bonds is 18. The first-order chi connectivity index (χ1) is 12.5. The van der Waals surface area contributed by atoms with E-state index in [9.17, 15) is 9.59 Å². The van der Waals surface area contributed by atoms with Crippen LogP contribution in [0.15, 0.2) is 12.2 Å². The molecule has 0 heterocycles. The molecule has 0 aliphatic heterocycles. The Morgan fingerprint density at radius 3 is 1.85 bits per heavy atom. The Kier molecular flexibility index (Phi) is 17.5. The van der Waals surface area contributed by atoms with Crippen LogP contribution in [0.3, 0.4) is 0 Å². The second-order valence-electron chi connectivity index (χ2n) is 7.69. The first-order valence-electron chi connectivity index (χ1n) is 10.7. The van der Waals surface area contributed by atoms with Gasteiger partial charge in [0, 0.05) is 6.42 Å². The summed E-state index contributed by atoms with van der Waals surface area (Å²) in [5.41, 5.74) is 0. The van der Waals surface area contributed by atoms with Crippen LogP contribution in [0.4, 0.5) is 0 Å². The van der Waals surface area contributed by atoms with E-state index in [4.69, 9.17) is 5.11 Å². The molecule has 0 unspecified atom stereocenters. The van der Waals surface area contributed by atoms with E-state index in [1.54, 1.807) is 0 Å². The molecule has 0 saturated carbocycles. The van der Waals surface area contributed by atoms with Crippen LogP contribution in [0.5, 0.6) is 0 Å². The van der Waals surface area contributed by atoms with Crippen molar-refractivity contribution in [2.45, 2.75) is 104 Å². The second kappa shape index (κ2) is 18.5. The first kappa shape index (κ1) is 24.7. The van der Waals surface area contributed by atoms with Gasteiger partial charge in [-0.15, -0.1) is 0 Å². The second-order valence-corrected chi connectivity index (χ2v) is 7.69. The summed E-state index contributed by atoms with van der Waals surface area (Å²) in [5, 5.41) is 10.9. The number of allylic oxidation sites excluding steroid dienone is 2. The summed E-state index contributed by atoms with van der Waals surface area (Å²) in [6.07, 6.45) is 21.2. The maximum atomic E-state index is 11.3. The van der Waals surface area contributed by atoms with Gasteiger partial charge in [-0.3, -0.25) is 9.59 Å². The summed E-state index contributed by atoms with van der Waals surface area (Å²) in [5.74, 6) is -0.301. The molecule has 0 aromatic rings. The Hall–Kier alpha value is -1.32. The standard InChI is InChI=1S/C22H41NO3/c1-20(2)17-15-13-11-9-7-5-3-4-6-8-10-12-14-16-18-21(24)23-19-22(25)26/h3-4,20H,5-19H2,1-2H3,(H,23,24)(H,25,26)/b4-3-. The van der Waals surface area contributed by atoms with E-state index < -0.39 is 5.97 Å². The molecule has 2 N–H and O–H groups in total. The lowest BCUT2D eigenvalue weighted by Crippen LogP contribution is -2.28. The van der Waals surface area contributed by atoms with Gasteiger partial charge in [0.2, 0.25) is 5.91 Å². The van der Waals surface area contributed by atoms with Crippen molar-refractivity contribution in [3.8, 4) is 0 Å². The molecule has 0 atom stereocenters. The van der Waals surface area contributed by atoms with E-state index in [-0.39, 0.29) is 12.5 Å². The molecule has 4 heteroatoms. The highest BCUT2D eigenvalue weighted by molar-refractivity contribution is 5.80. The lowest BCUT2D eigenvalue weighted by molar-refractivity contribution is -0.137. The molecular formula is C22H41NO3. The van der Waals surface area contributed by atoms with Gasteiger partial charge in [0.1, 0.15) is 6.54 Å². The molecule has 152 valence electrons. The lowest BCUT2D eigenvalue weighted by atomic mass is 10.0. The molecule has 0 aromatic carbocycles. The Morgan fingerprint density at radius 1 is 0.808 bits per heavy atom. The summed E-state index contributed by atoms with van der Waals surface area (Å²) in [6, 6.07) is 0. The van der Waals surface area contributed by atoms with Gasteiger partial charge in [0.25, 0.3) is 0 Å². The van der Waals surface area contributed by atoms with Crippen LogP contribution in [0.25, 0.3) is 0 Å². The summed E-state index contributed by atoms with van der Waals surface area (Å²) in [7, 11) is 0. The first-order valence-corrected chi connectivity index (χ1v) is 10.7. The number of aliphatic carboxylic acids is 1. The molecular weight excluding hydrogens is 326 g/mol. The minimum absolute atomic E-state index is 0.157. The highest BCUT2D eigenvalue weighted by Gasteiger charge is 2.02. The van der Waals surface area contributed by atoms with E-state index in [0.29, 0.717) is 6.42 Å². The molecule has 0 saturated heterocycles. The van der Waals surface area contributed by atoms with Crippen molar-refractivity contribution in [3.05, 3.63) is 12.2 Å². The van der Waals surface area contributed by atoms with Crippen molar-refractivity contribution < 1.29 is 14.7 Å². The SMILES string of the molecule is CC(C)CCCCCCC/C=C\CCCCCCCC(=O)NCC(=O)O. The molecule has 0 aromatic heterocycles. The molecule has 0 rings (SSSR count). The predicted molar refractivity (Wildman–Crippen MR) is 109 cm³/mol. The Balaban J connectivity index is 3.21. The molecule has 0 aliphatic carbocycles. The van der Waals surface area contributed by atoms with Crippen LogP contribution in [-0.2, 0) is 9.59 Å². The number of hydrogen-bond donors (Lipinski definition) is 2.